The van der Waals surface area contributed by atoms with Crippen molar-refractivity contribution in [3.63, 3.8) is 0 Å². The molecule has 1 aromatic rings. The summed E-state index contributed by atoms with van der Waals surface area (Å²) in [5, 5.41) is 3.06. The molecule has 1 aromatic carbocycles. The van der Waals surface area contributed by atoms with Crippen LogP contribution in [0.25, 0.3) is 6.08 Å². The van der Waals surface area contributed by atoms with Gasteiger partial charge in [0.15, 0.2) is 0 Å². The van der Waals surface area contributed by atoms with Crippen LogP contribution in [0.4, 0.5) is 0 Å². The minimum absolute atomic E-state index is 0.0512. The Kier molecular flexibility index (Phi) is 6.85. The summed E-state index contributed by atoms with van der Waals surface area (Å²) in [6.07, 6.45) is 7.83. The largest absolute Gasteiger partial charge is 0.457 e. The molecule has 2 rings (SSSR count). The lowest BCUT2D eigenvalue weighted by molar-refractivity contribution is -0.147. The minimum Gasteiger partial charge on any atom is -0.457 e. The van der Waals surface area contributed by atoms with E-state index in [1.54, 1.807) is 24.3 Å². The normalized spacial score (nSPS) is 20.6. The SMILES string of the molecule is CC(=O)OCOc1ccc(C=CC(=O)NC2CCC(C)CC2)cc1. The first-order valence-electron chi connectivity index (χ1n) is 8.37. The number of amides is 1. The highest BCUT2D eigenvalue weighted by molar-refractivity contribution is 5.91. The lowest BCUT2D eigenvalue weighted by atomic mass is 9.87. The van der Waals surface area contributed by atoms with Gasteiger partial charge < -0.3 is 14.8 Å². The van der Waals surface area contributed by atoms with Crippen molar-refractivity contribution in [3.8, 4) is 5.75 Å². The van der Waals surface area contributed by atoms with Crippen LogP contribution in [0.5, 0.6) is 5.75 Å². The van der Waals surface area contributed by atoms with Crippen LogP contribution in [0.2, 0.25) is 0 Å². The van der Waals surface area contributed by atoms with E-state index in [2.05, 4.69) is 12.2 Å². The van der Waals surface area contributed by atoms with Crippen LogP contribution >= 0.6 is 0 Å². The van der Waals surface area contributed by atoms with Crippen molar-refractivity contribution in [2.24, 2.45) is 5.92 Å². The first-order chi connectivity index (χ1) is 11.5. The third-order valence-electron chi connectivity index (χ3n) is 4.16. The Labute approximate surface area is 143 Å². The Morgan fingerprint density at radius 3 is 2.46 bits per heavy atom. The van der Waals surface area contributed by atoms with Crippen molar-refractivity contribution in [1.82, 2.24) is 5.32 Å². The van der Waals surface area contributed by atoms with Gasteiger partial charge in [-0.2, -0.15) is 0 Å². The van der Waals surface area contributed by atoms with E-state index in [0.717, 1.165) is 24.3 Å². The zero-order chi connectivity index (χ0) is 17.4. The van der Waals surface area contributed by atoms with E-state index < -0.39 is 0 Å². The number of carbonyl (C=O) groups is 2. The predicted octanol–water partition coefficient (Wildman–Crippen LogP) is 3.29. The number of ether oxygens (including phenoxy) is 2. The van der Waals surface area contributed by atoms with E-state index in [1.807, 2.05) is 12.1 Å². The summed E-state index contributed by atoms with van der Waals surface area (Å²) >= 11 is 0. The molecule has 0 aliphatic heterocycles. The lowest BCUT2D eigenvalue weighted by Crippen LogP contribution is -2.36. The van der Waals surface area contributed by atoms with Gasteiger partial charge in [0.25, 0.3) is 0 Å². The summed E-state index contributed by atoms with van der Waals surface area (Å²) in [5.41, 5.74) is 0.905. The Morgan fingerprint density at radius 2 is 1.83 bits per heavy atom. The monoisotopic (exact) mass is 331 g/mol. The molecule has 1 aliphatic carbocycles. The molecule has 24 heavy (non-hydrogen) atoms. The van der Waals surface area contributed by atoms with Crippen molar-refractivity contribution in [2.45, 2.75) is 45.6 Å². The first kappa shape index (κ1) is 18.0. The van der Waals surface area contributed by atoms with Crippen molar-refractivity contribution in [2.75, 3.05) is 6.79 Å². The fourth-order valence-corrected chi connectivity index (χ4v) is 2.68. The quantitative estimate of drug-likeness (QED) is 0.493. The summed E-state index contributed by atoms with van der Waals surface area (Å²) in [6, 6.07) is 7.52. The van der Waals surface area contributed by atoms with Gasteiger partial charge in [-0.1, -0.05) is 19.1 Å². The molecule has 130 valence electrons. The highest BCUT2D eigenvalue weighted by Crippen LogP contribution is 2.23. The van der Waals surface area contributed by atoms with E-state index in [0.29, 0.717) is 11.8 Å². The van der Waals surface area contributed by atoms with Crippen molar-refractivity contribution in [3.05, 3.63) is 35.9 Å². The molecule has 1 fully saturated rings. The topological polar surface area (TPSA) is 64.6 Å². The second kappa shape index (κ2) is 9.11. The zero-order valence-electron chi connectivity index (χ0n) is 14.3. The van der Waals surface area contributed by atoms with E-state index in [9.17, 15) is 9.59 Å². The van der Waals surface area contributed by atoms with Crippen LogP contribution in [0.3, 0.4) is 0 Å². The van der Waals surface area contributed by atoms with Crippen LogP contribution in [0.1, 0.15) is 45.1 Å². The standard InChI is InChI=1S/C19H25NO4/c1-14-3-8-17(9-4-14)20-19(22)12-7-16-5-10-18(11-6-16)24-13-23-15(2)21/h5-7,10-12,14,17H,3-4,8-9,13H2,1-2H3,(H,20,22). The summed E-state index contributed by atoms with van der Waals surface area (Å²) in [5.74, 6) is 0.946. The van der Waals surface area contributed by atoms with E-state index in [1.165, 1.54) is 19.8 Å². The number of esters is 1. The third-order valence-corrected chi connectivity index (χ3v) is 4.16. The van der Waals surface area contributed by atoms with Crippen molar-refractivity contribution < 1.29 is 19.1 Å². The van der Waals surface area contributed by atoms with Crippen LogP contribution in [-0.2, 0) is 14.3 Å². The Bertz CT molecular complexity index is 572. The summed E-state index contributed by atoms with van der Waals surface area (Å²) in [7, 11) is 0. The fourth-order valence-electron chi connectivity index (χ4n) is 2.68. The van der Waals surface area contributed by atoms with Gasteiger partial charge in [-0.3, -0.25) is 9.59 Å². The highest BCUT2D eigenvalue weighted by atomic mass is 16.7. The molecule has 0 atom stereocenters. The summed E-state index contributed by atoms with van der Waals surface area (Å²) < 4.78 is 9.97. The molecule has 5 nitrogen and oxygen atoms in total. The maximum atomic E-state index is 12.0. The third kappa shape index (κ3) is 6.44. The smallest absolute Gasteiger partial charge is 0.305 e. The molecule has 0 saturated heterocycles. The van der Waals surface area contributed by atoms with Gasteiger partial charge in [0.2, 0.25) is 12.7 Å². The minimum atomic E-state index is -0.381. The summed E-state index contributed by atoms with van der Waals surface area (Å²) in [6.45, 7) is 3.49. The van der Waals surface area contributed by atoms with Gasteiger partial charge in [-0.05, 0) is 55.4 Å². The molecule has 1 N–H and O–H groups in total. The van der Waals surface area contributed by atoms with Crippen LogP contribution in [0, 0.1) is 5.92 Å². The maximum Gasteiger partial charge on any atom is 0.305 e. The highest BCUT2D eigenvalue weighted by Gasteiger charge is 2.18. The van der Waals surface area contributed by atoms with Gasteiger partial charge in [0, 0.05) is 19.0 Å². The number of nitrogens with one attached hydrogen (secondary N) is 1. The molecular formula is C19H25NO4. The van der Waals surface area contributed by atoms with E-state index in [4.69, 9.17) is 9.47 Å². The molecule has 0 aromatic heterocycles. The number of benzene rings is 1. The van der Waals surface area contributed by atoms with Crippen molar-refractivity contribution in [1.29, 1.82) is 0 Å². The average Bonchev–Trinajstić information content (AvgIpc) is 2.56. The number of carbonyl (C=O) groups excluding carboxylic acids is 2. The summed E-state index contributed by atoms with van der Waals surface area (Å²) in [4.78, 5) is 22.6. The first-order valence-corrected chi connectivity index (χ1v) is 8.37. The van der Waals surface area contributed by atoms with Gasteiger partial charge >= 0.3 is 5.97 Å². The molecule has 1 aliphatic rings. The van der Waals surface area contributed by atoms with Gasteiger partial charge in [-0.25, -0.2) is 0 Å². The van der Waals surface area contributed by atoms with E-state index >= 15 is 0 Å². The van der Waals surface area contributed by atoms with Gasteiger partial charge in [-0.15, -0.1) is 0 Å². The van der Waals surface area contributed by atoms with Crippen LogP contribution < -0.4 is 10.1 Å². The Morgan fingerprint density at radius 1 is 1.17 bits per heavy atom. The number of hydrogen-bond donors (Lipinski definition) is 1. The molecule has 5 heteroatoms. The zero-order valence-corrected chi connectivity index (χ0v) is 14.3. The molecule has 1 saturated carbocycles. The molecule has 0 heterocycles. The fraction of sp³-hybridized carbons (Fsp3) is 0.474. The Hall–Kier alpha value is -2.30. The Balaban J connectivity index is 1.76. The second-order valence-corrected chi connectivity index (χ2v) is 6.27. The molecular weight excluding hydrogens is 306 g/mol. The lowest BCUT2D eigenvalue weighted by Gasteiger charge is -2.26. The van der Waals surface area contributed by atoms with Gasteiger partial charge in [0.1, 0.15) is 5.75 Å². The maximum absolute atomic E-state index is 12.0. The predicted molar refractivity (Wildman–Crippen MR) is 92.3 cm³/mol. The average molecular weight is 331 g/mol. The van der Waals surface area contributed by atoms with Crippen molar-refractivity contribution >= 4 is 18.0 Å². The second-order valence-electron chi connectivity index (χ2n) is 6.27. The molecule has 0 bridgehead atoms. The molecule has 0 unspecified atom stereocenters. The van der Waals surface area contributed by atoms with Crippen LogP contribution in [-0.4, -0.2) is 24.7 Å². The molecule has 1 amide bonds. The van der Waals surface area contributed by atoms with E-state index in [-0.39, 0.29) is 18.7 Å². The number of hydrogen-bond acceptors (Lipinski definition) is 4. The van der Waals surface area contributed by atoms with Gasteiger partial charge in [0.05, 0.1) is 0 Å². The number of rotatable bonds is 6. The van der Waals surface area contributed by atoms with Crippen LogP contribution in [0.15, 0.2) is 30.3 Å². The molecule has 0 spiro atoms. The molecule has 0 radical (unpaired) electrons.